The number of hydrogen-bond acceptors (Lipinski definition) is 5. The van der Waals surface area contributed by atoms with Gasteiger partial charge in [0.1, 0.15) is 0 Å². The van der Waals surface area contributed by atoms with Crippen molar-refractivity contribution in [1.29, 1.82) is 0 Å². The fraction of sp³-hybridized carbons (Fsp3) is 0.350. The van der Waals surface area contributed by atoms with Gasteiger partial charge in [-0.2, -0.15) is 0 Å². The summed E-state index contributed by atoms with van der Waals surface area (Å²) in [4.78, 5) is 12.7. The molecule has 0 atom stereocenters. The third-order valence-corrected chi connectivity index (χ3v) is 5.25. The molecule has 0 radical (unpaired) electrons. The van der Waals surface area contributed by atoms with Gasteiger partial charge in [-0.05, 0) is 18.1 Å². The van der Waals surface area contributed by atoms with Gasteiger partial charge in [-0.3, -0.25) is 9.10 Å². The number of carbonyl (C=O) groups is 1. The molecule has 152 valence electrons. The van der Waals surface area contributed by atoms with Crippen LogP contribution < -0.4 is 19.1 Å². The molecule has 2 aromatic rings. The Hall–Kier alpha value is -2.74. The zero-order valence-corrected chi connectivity index (χ0v) is 17.4. The van der Waals surface area contributed by atoms with E-state index in [1.807, 2.05) is 37.3 Å². The summed E-state index contributed by atoms with van der Waals surface area (Å²) in [6, 6.07) is 12.2. The summed E-state index contributed by atoms with van der Waals surface area (Å²) >= 11 is 0. The highest BCUT2D eigenvalue weighted by atomic mass is 32.2. The van der Waals surface area contributed by atoms with Crippen LogP contribution in [0.15, 0.2) is 42.5 Å². The van der Waals surface area contributed by atoms with Crippen LogP contribution in [0, 0.1) is 0 Å². The zero-order valence-electron chi connectivity index (χ0n) is 16.6. The third kappa shape index (κ3) is 5.16. The molecule has 2 rings (SSSR count). The van der Waals surface area contributed by atoms with Crippen molar-refractivity contribution in [2.45, 2.75) is 19.9 Å². The quantitative estimate of drug-likeness (QED) is 0.692. The Morgan fingerprint density at radius 2 is 1.68 bits per heavy atom. The van der Waals surface area contributed by atoms with E-state index in [-0.39, 0.29) is 23.7 Å². The van der Waals surface area contributed by atoms with Crippen molar-refractivity contribution >= 4 is 21.6 Å². The van der Waals surface area contributed by atoms with E-state index >= 15 is 0 Å². The minimum atomic E-state index is -3.68. The summed E-state index contributed by atoms with van der Waals surface area (Å²) in [5.74, 6) is 0.312. The topological polar surface area (TPSA) is 84.9 Å². The number of anilines is 1. The van der Waals surface area contributed by atoms with Gasteiger partial charge in [0.15, 0.2) is 11.5 Å². The molecule has 0 heterocycles. The fourth-order valence-electron chi connectivity index (χ4n) is 2.72. The number of nitrogens with zero attached hydrogens (tertiary/aromatic N) is 1. The highest BCUT2D eigenvalue weighted by Crippen LogP contribution is 2.36. The Bertz CT molecular complexity index is 914. The molecule has 8 heteroatoms. The summed E-state index contributed by atoms with van der Waals surface area (Å²) in [6.07, 6.45) is 1.87. The zero-order chi connectivity index (χ0) is 20.7. The number of benzene rings is 2. The molecule has 2 aromatic carbocycles. The Balaban J connectivity index is 2.63. The van der Waals surface area contributed by atoms with E-state index in [1.165, 1.54) is 30.7 Å². The molecule has 0 aliphatic rings. The second kappa shape index (κ2) is 9.45. The first-order valence-corrected chi connectivity index (χ1v) is 10.7. The largest absolute Gasteiger partial charge is 0.493 e. The second-order valence-electron chi connectivity index (χ2n) is 6.24. The average molecular weight is 407 g/mol. The first kappa shape index (κ1) is 21.6. The maximum atomic E-state index is 12.7. The van der Waals surface area contributed by atoms with Gasteiger partial charge in [0.2, 0.25) is 10.0 Å². The molecule has 0 unspecified atom stereocenters. The Morgan fingerprint density at radius 1 is 1.07 bits per heavy atom. The molecule has 0 aliphatic heterocycles. The van der Waals surface area contributed by atoms with Crippen LogP contribution in [0.5, 0.6) is 11.5 Å². The van der Waals surface area contributed by atoms with Gasteiger partial charge in [0, 0.05) is 12.6 Å². The van der Waals surface area contributed by atoms with Crippen LogP contribution in [0.25, 0.3) is 0 Å². The van der Waals surface area contributed by atoms with Gasteiger partial charge in [-0.15, -0.1) is 0 Å². The third-order valence-electron chi connectivity index (χ3n) is 4.12. The van der Waals surface area contributed by atoms with Crippen molar-refractivity contribution in [3.63, 3.8) is 0 Å². The van der Waals surface area contributed by atoms with Crippen LogP contribution in [0.1, 0.15) is 29.3 Å². The lowest BCUT2D eigenvalue weighted by Crippen LogP contribution is -2.33. The summed E-state index contributed by atoms with van der Waals surface area (Å²) in [6.45, 7) is 2.50. The number of sulfonamides is 1. The first-order chi connectivity index (χ1) is 13.3. The molecular weight excluding hydrogens is 380 g/mol. The standard InChI is InChI=1S/C20H26N2O5S/c1-5-11-21-20(23)16-12-18(26-2)19(27-3)13-17(16)22(28(4,24)25)14-15-9-7-6-8-10-15/h6-10,12-13H,5,11,14H2,1-4H3,(H,21,23). The number of nitrogens with one attached hydrogen (secondary N) is 1. The molecule has 28 heavy (non-hydrogen) atoms. The Labute approximate surface area is 166 Å². The van der Waals surface area contributed by atoms with Crippen LogP contribution in [0.4, 0.5) is 5.69 Å². The van der Waals surface area contributed by atoms with Gasteiger partial charge in [-0.25, -0.2) is 8.42 Å². The van der Waals surface area contributed by atoms with E-state index in [1.54, 1.807) is 0 Å². The van der Waals surface area contributed by atoms with Gasteiger partial charge in [-0.1, -0.05) is 37.3 Å². The van der Waals surface area contributed by atoms with E-state index in [0.29, 0.717) is 18.0 Å². The number of ether oxygens (including phenoxy) is 2. The number of hydrogen-bond donors (Lipinski definition) is 1. The van der Waals surface area contributed by atoms with E-state index in [2.05, 4.69) is 5.32 Å². The van der Waals surface area contributed by atoms with Crippen molar-refractivity contribution in [3.8, 4) is 11.5 Å². The van der Waals surface area contributed by atoms with Gasteiger partial charge in [0.05, 0.1) is 38.3 Å². The smallest absolute Gasteiger partial charge is 0.253 e. The summed E-state index contributed by atoms with van der Waals surface area (Å²) in [5, 5.41) is 2.79. The van der Waals surface area contributed by atoms with Crippen LogP contribution in [-0.2, 0) is 16.6 Å². The van der Waals surface area contributed by atoms with E-state index < -0.39 is 10.0 Å². The summed E-state index contributed by atoms with van der Waals surface area (Å²) in [5.41, 5.74) is 1.23. The predicted molar refractivity (Wildman–Crippen MR) is 110 cm³/mol. The number of methoxy groups -OCH3 is 2. The highest BCUT2D eigenvalue weighted by Gasteiger charge is 2.26. The van der Waals surface area contributed by atoms with Crippen LogP contribution in [-0.4, -0.2) is 41.3 Å². The van der Waals surface area contributed by atoms with E-state index in [9.17, 15) is 13.2 Å². The fourth-order valence-corrected chi connectivity index (χ4v) is 3.61. The molecule has 0 bridgehead atoms. The highest BCUT2D eigenvalue weighted by molar-refractivity contribution is 7.92. The maximum Gasteiger partial charge on any atom is 0.253 e. The molecular formula is C20H26N2O5S. The Kier molecular flexibility index (Phi) is 7.28. The molecule has 1 N–H and O–H groups in total. The molecule has 1 amide bonds. The van der Waals surface area contributed by atoms with Crippen molar-refractivity contribution in [3.05, 3.63) is 53.6 Å². The molecule has 0 aromatic heterocycles. The average Bonchev–Trinajstić information content (AvgIpc) is 2.69. The molecule has 0 saturated carbocycles. The predicted octanol–water partition coefficient (Wildman–Crippen LogP) is 2.81. The lowest BCUT2D eigenvalue weighted by atomic mass is 10.1. The van der Waals surface area contributed by atoms with Crippen molar-refractivity contribution in [2.75, 3.05) is 31.3 Å². The lowest BCUT2D eigenvalue weighted by molar-refractivity contribution is 0.0954. The van der Waals surface area contributed by atoms with Crippen molar-refractivity contribution < 1.29 is 22.7 Å². The SMILES string of the molecule is CCCNC(=O)c1cc(OC)c(OC)cc1N(Cc1ccccc1)S(C)(=O)=O. The number of rotatable bonds is 9. The lowest BCUT2D eigenvalue weighted by Gasteiger charge is -2.26. The van der Waals surface area contributed by atoms with Gasteiger partial charge < -0.3 is 14.8 Å². The number of carbonyl (C=O) groups excluding carboxylic acids is 1. The molecule has 0 spiro atoms. The molecule has 0 fully saturated rings. The van der Waals surface area contributed by atoms with Crippen LogP contribution in [0.2, 0.25) is 0 Å². The van der Waals surface area contributed by atoms with Gasteiger partial charge >= 0.3 is 0 Å². The van der Waals surface area contributed by atoms with Gasteiger partial charge in [0.25, 0.3) is 5.91 Å². The normalized spacial score (nSPS) is 11.0. The van der Waals surface area contributed by atoms with Crippen LogP contribution >= 0.6 is 0 Å². The Morgan fingerprint density at radius 3 is 2.21 bits per heavy atom. The first-order valence-electron chi connectivity index (χ1n) is 8.87. The molecule has 0 saturated heterocycles. The number of amides is 1. The molecule has 0 aliphatic carbocycles. The van der Waals surface area contributed by atoms with Crippen molar-refractivity contribution in [2.24, 2.45) is 0 Å². The summed E-state index contributed by atoms with van der Waals surface area (Å²) in [7, 11) is -0.760. The second-order valence-corrected chi connectivity index (χ2v) is 8.14. The van der Waals surface area contributed by atoms with E-state index in [0.717, 1.165) is 18.2 Å². The van der Waals surface area contributed by atoms with Crippen molar-refractivity contribution in [1.82, 2.24) is 5.32 Å². The van der Waals surface area contributed by atoms with Crippen LogP contribution in [0.3, 0.4) is 0 Å². The summed E-state index contributed by atoms with van der Waals surface area (Å²) < 4.78 is 37.0. The maximum absolute atomic E-state index is 12.7. The molecule has 7 nitrogen and oxygen atoms in total. The van der Waals surface area contributed by atoms with E-state index in [4.69, 9.17) is 9.47 Å². The minimum Gasteiger partial charge on any atom is -0.493 e. The monoisotopic (exact) mass is 406 g/mol. The minimum absolute atomic E-state index is 0.0865.